The van der Waals surface area contributed by atoms with Gasteiger partial charge in [0.1, 0.15) is 5.82 Å². The van der Waals surface area contributed by atoms with Crippen LogP contribution in [0.3, 0.4) is 0 Å². The summed E-state index contributed by atoms with van der Waals surface area (Å²) in [4.78, 5) is 19.8. The Kier molecular flexibility index (Phi) is 4.55. The second kappa shape index (κ2) is 6.56. The molecule has 0 atom stereocenters. The normalized spacial score (nSPS) is 10.0. The maximum absolute atomic E-state index is 11.5. The minimum atomic E-state index is -0.496. The molecule has 0 aliphatic rings. The van der Waals surface area contributed by atoms with Gasteiger partial charge in [-0.15, -0.1) is 0 Å². The van der Waals surface area contributed by atoms with Crippen LogP contribution in [0.1, 0.15) is 15.9 Å². The summed E-state index contributed by atoms with van der Waals surface area (Å²) >= 11 is 0. The molecule has 3 N–H and O–H groups in total. The van der Waals surface area contributed by atoms with Crippen molar-refractivity contribution in [3.05, 3.63) is 41.7 Å². The molecule has 0 bridgehead atoms. The monoisotopic (exact) mass is 288 g/mol. The van der Waals surface area contributed by atoms with Crippen LogP contribution in [0.5, 0.6) is 5.88 Å². The van der Waals surface area contributed by atoms with Gasteiger partial charge in [0, 0.05) is 18.8 Å². The van der Waals surface area contributed by atoms with Crippen LogP contribution in [0, 0.1) is 0 Å². The average molecular weight is 288 g/mol. The summed E-state index contributed by atoms with van der Waals surface area (Å²) in [6.45, 7) is 0.508. The van der Waals surface area contributed by atoms with Gasteiger partial charge in [-0.05, 0) is 11.6 Å². The number of pyridine rings is 2. The fourth-order valence-electron chi connectivity index (χ4n) is 1.68. The van der Waals surface area contributed by atoms with E-state index in [4.69, 9.17) is 10.5 Å². The maximum atomic E-state index is 11.5. The Morgan fingerprint density at radius 2 is 2.10 bits per heavy atom. The summed E-state index contributed by atoms with van der Waals surface area (Å²) < 4.78 is 9.65. The molecule has 110 valence electrons. The van der Waals surface area contributed by atoms with Crippen molar-refractivity contribution in [2.75, 3.05) is 25.3 Å². The molecule has 2 aromatic heterocycles. The fraction of sp³-hybridized carbons (Fsp3) is 0.214. The third-order valence-corrected chi connectivity index (χ3v) is 2.82. The third kappa shape index (κ3) is 3.59. The van der Waals surface area contributed by atoms with E-state index in [0.717, 1.165) is 5.56 Å². The molecule has 7 heteroatoms. The van der Waals surface area contributed by atoms with Crippen LogP contribution < -0.4 is 15.8 Å². The lowest BCUT2D eigenvalue weighted by Crippen LogP contribution is -2.09. The average Bonchev–Trinajstić information content (AvgIpc) is 2.53. The van der Waals surface area contributed by atoms with E-state index in [1.807, 2.05) is 6.07 Å². The van der Waals surface area contributed by atoms with Crippen molar-refractivity contribution in [3.8, 4) is 5.88 Å². The number of carbonyl (C=O) groups is 1. The lowest BCUT2D eigenvalue weighted by molar-refractivity contribution is 0.0602. The molecule has 0 saturated heterocycles. The largest absolute Gasteiger partial charge is 0.481 e. The number of aromatic nitrogens is 2. The summed E-state index contributed by atoms with van der Waals surface area (Å²) in [6.07, 6.45) is 3.12. The molecule has 21 heavy (non-hydrogen) atoms. The number of hydrogen-bond acceptors (Lipinski definition) is 7. The number of nitrogens with one attached hydrogen (secondary N) is 1. The van der Waals surface area contributed by atoms with Gasteiger partial charge in [-0.3, -0.25) is 0 Å². The standard InChI is InChI=1S/C14H16N4O3/c1-20-13-4-3-9(7-18-13)6-16-12-5-10(14(19)21-2)11(15)8-17-12/h3-5,7-8H,6,15H2,1-2H3,(H,16,17). The Labute approximate surface area is 122 Å². The van der Waals surface area contributed by atoms with Gasteiger partial charge in [0.15, 0.2) is 0 Å². The van der Waals surface area contributed by atoms with Crippen molar-refractivity contribution in [1.29, 1.82) is 0 Å². The summed E-state index contributed by atoms with van der Waals surface area (Å²) in [7, 11) is 2.87. The van der Waals surface area contributed by atoms with Crippen LogP contribution in [0.2, 0.25) is 0 Å². The van der Waals surface area contributed by atoms with Crippen LogP contribution >= 0.6 is 0 Å². The minimum Gasteiger partial charge on any atom is -0.481 e. The quantitative estimate of drug-likeness (QED) is 0.803. The molecule has 0 unspecified atom stereocenters. The molecule has 2 aromatic rings. The Morgan fingerprint density at radius 3 is 2.71 bits per heavy atom. The fourth-order valence-corrected chi connectivity index (χ4v) is 1.68. The summed E-state index contributed by atoms with van der Waals surface area (Å²) in [5.41, 5.74) is 7.20. The number of nitrogens with zero attached hydrogens (tertiary/aromatic N) is 2. The number of ether oxygens (including phenoxy) is 2. The Bertz CT molecular complexity index is 629. The van der Waals surface area contributed by atoms with E-state index >= 15 is 0 Å². The molecule has 0 spiro atoms. The van der Waals surface area contributed by atoms with Gasteiger partial charge >= 0.3 is 5.97 Å². The highest BCUT2D eigenvalue weighted by Gasteiger charge is 2.11. The SMILES string of the molecule is COC(=O)c1cc(NCc2ccc(OC)nc2)ncc1N. The number of hydrogen-bond donors (Lipinski definition) is 2. The first-order chi connectivity index (χ1) is 10.1. The van der Waals surface area contributed by atoms with Gasteiger partial charge in [-0.2, -0.15) is 0 Å². The highest BCUT2D eigenvalue weighted by atomic mass is 16.5. The van der Waals surface area contributed by atoms with Gasteiger partial charge in [0.05, 0.1) is 31.7 Å². The van der Waals surface area contributed by atoms with E-state index in [1.165, 1.54) is 13.3 Å². The molecule has 7 nitrogen and oxygen atoms in total. The number of esters is 1. The predicted octanol–water partition coefficient (Wildman–Crippen LogP) is 1.47. The van der Waals surface area contributed by atoms with Gasteiger partial charge < -0.3 is 20.5 Å². The second-order valence-electron chi connectivity index (χ2n) is 4.21. The second-order valence-corrected chi connectivity index (χ2v) is 4.21. The van der Waals surface area contributed by atoms with Gasteiger partial charge in [-0.1, -0.05) is 6.07 Å². The molecule has 0 radical (unpaired) electrons. The zero-order chi connectivity index (χ0) is 15.2. The Hall–Kier alpha value is -2.83. The number of nitrogen functional groups attached to an aromatic ring is 1. The third-order valence-electron chi connectivity index (χ3n) is 2.82. The summed E-state index contributed by atoms with van der Waals surface area (Å²) in [5, 5.41) is 3.09. The molecule has 2 heterocycles. The van der Waals surface area contributed by atoms with E-state index in [0.29, 0.717) is 18.2 Å². The molecule has 0 saturated carbocycles. The van der Waals surface area contributed by atoms with Crippen LogP contribution in [0.4, 0.5) is 11.5 Å². The van der Waals surface area contributed by atoms with Gasteiger partial charge in [0.2, 0.25) is 5.88 Å². The molecular formula is C14H16N4O3. The number of methoxy groups -OCH3 is 2. The zero-order valence-electron chi connectivity index (χ0n) is 11.8. The molecule has 0 amide bonds. The van der Waals surface area contributed by atoms with Crippen LogP contribution in [0.15, 0.2) is 30.6 Å². The predicted molar refractivity (Wildman–Crippen MR) is 78.1 cm³/mol. The lowest BCUT2D eigenvalue weighted by Gasteiger charge is -2.09. The Morgan fingerprint density at radius 1 is 1.29 bits per heavy atom. The molecule has 0 aliphatic carbocycles. The maximum Gasteiger partial charge on any atom is 0.340 e. The summed E-state index contributed by atoms with van der Waals surface area (Å²) in [5.74, 6) is 0.585. The topological polar surface area (TPSA) is 99.4 Å². The van der Waals surface area contributed by atoms with Crippen molar-refractivity contribution in [3.63, 3.8) is 0 Å². The first kappa shape index (κ1) is 14.6. The lowest BCUT2D eigenvalue weighted by atomic mass is 10.2. The van der Waals surface area contributed by atoms with Crippen molar-refractivity contribution < 1.29 is 14.3 Å². The van der Waals surface area contributed by atoms with Gasteiger partial charge in [-0.25, -0.2) is 14.8 Å². The zero-order valence-corrected chi connectivity index (χ0v) is 11.8. The molecule has 0 aliphatic heterocycles. The first-order valence-electron chi connectivity index (χ1n) is 6.20. The number of nitrogens with two attached hydrogens (primary N) is 1. The number of anilines is 2. The van der Waals surface area contributed by atoms with Crippen molar-refractivity contribution in [1.82, 2.24) is 9.97 Å². The van der Waals surface area contributed by atoms with Crippen molar-refractivity contribution in [2.45, 2.75) is 6.54 Å². The van der Waals surface area contributed by atoms with Crippen LogP contribution in [-0.4, -0.2) is 30.2 Å². The number of carbonyl (C=O) groups excluding carboxylic acids is 1. The molecular weight excluding hydrogens is 272 g/mol. The Balaban J connectivity index is 2.07. The highest BCUT2D eigenvalue weighted by molar-refractivity contribution is 5.95. The van der Waals surface area contributed by atoms with E-state index in [1.54, 1.807) is 25.4 Å². The smallest absolute Gasteiger partial charge is 0.340 e. The minimum absolute atomic E-state index is 0.276. The molecule has 2 rings (SSSR count). The van der Waals surface area contributed by atoms with E-state index in [-0.39, 0.29) is 11.3 Å². The molecule has 0 aromatic carbocycles. The van der Waals surface area contributed by atoms with E-state index in [2.05, 4.69) is 20.0 Å². The molecule has 0 fully saturated rings. The summed E-state index contributed by atoms with van der Waals surface area (Å²) in [6, 6.07) is 5.21. The number of rotatable bonds is 5. The van der Waals surface area contributed by atoms with E-state index in [9.17, 15) is 4.79 Å². The first-order valence-corrected chi connectivity index (χ1v) is 6.20. The van der Waals surface area contributed by atoms with Crippen LogP contribution in [-0.2, 0) is 11.3 Å². The van der Waals surface area contributed by atoms with Crippen molar-refractivity contribution >= 4 is 17.5 Å². The van der Waals surface area contributed by atoms with Gasteiger partial charge in [0.25, 0.3) is 0 Å². The van der Waals surface area contributed by atoms with Crippen molar-refractivity contribution in [2.24, 2.45) is 0 Å². The highest BCUT2D eigenvalue weighted by Crippen LogP contribution is 2.16. The van der Waals surface area contributed by atoms with E-state index < -0.39 is 5.97 Å². The van der Waals surface area contributed by atoms with Crippen LogP contribution in [0.25, 0.3) is 0 Å².